The van der Waals surface area contributed by atoms with Gasteiger partial charge in [0.25, 0.3) is 0 Å². The van der Waals surface area contributed by atoms with Crippen molar-refractivity contribution in [2.45, 2.75) is 13.0 Å². The predicted molar refractivity (Wildman–Crippen MR) is 65.8 cm³/mol. The lowest BCUT2D eigenvalue weighted by Crippen LogP contribution is -2.27. The first kappa shape index (κ1) is 10.2. The molecule has 74 valence electrons. The molecule has 1 aliphatic rings. The van der Waals surface area contributed by atoms with Crippen LogP contribution in [0.4, 0.5) is 0 Å². The fourth-order valence-electron chi connectivity index (χ4n) is 1.37. The highest BCUT2D eigenvalue weighted by Crippen LogP contribution is 2.24. The summed E-state index contributed by atoms with van der Waals surface area (Å²) in [6.45, 7) is 2.99. The Hall–Kier alpha value is -0.350. The van der Waals surface area contributed by atoms with E-state index < -0.39 is 0 Å². The Bertz CT molecular complexity index is 388. The van der Waals surface area contributed by atoms with Crippen LogP contribution in [0.15, 0.2) is 32.1 Å². The smallest absolute Gasteiger partial charge is 0.128 e. The van der Waals surface area contributed by atoms with Gasteiger partial charge in [-0.1, -0.05) is 6.07 Å². The molecule has 2 nitrogen and oxygen atoms in total. The monoisotopic (exact) mass is 316 g/mol. The predicted octanol–water partition coefficient (Wildman–Crippen LogP) is 2.95. The summed E-state index contributed by atoms with van der Waals surface area (Å²) in [4.78, 5) is 4.43. The third kappa shape index (κ3) is 2.01. The summed E-state index contributed by atoms with van der Waals surface area (Å²) in [6, 6.07) is 6.59. The lowest BCUT2D eigenvalue weighted by atomic mass is 10.2. The van der Waals surface area contributed by atoms with Gasteiger partial charge in [0, 0.05) is 20.6 Å². The average Bonchev–Trinajstić information content (AvgIpc) is 2.57. The summed E-state index contributed by atoms with van der Waals surface area (Å²) in [7, 11) is 0. The van der Waals surface area contributed by atoms with Gasteiger partial charge in [0.05, 0.1) is 6.54 Å². The molecular weight excluding hydrogens is 308 g/mol. The van der Waals surface area contributed by atoms with Gasteiger partial charge in [-0.15, -0.1) is 0 Å². The zero-order valence-corrected chi connectivity index (χ0v) is 10.9. The van der Waals surface area contributed by atoms with Gasteiger partial charge >= 0.3 is 0 Å². The molecule has 0 saturated carbocycles. The zero-order valence-electron chi connectivity index (χ0n) is 7.72. The molecule has 1 N–H and O–H groups in total. The lowest BCUT2D eigenvalue weighted by molar-refractivity contribution is 0.726. The van der Waals surface area contributed by atoms with Gasteiger partial charge in [-0.25, -0.2) is 0 Å². The van der Waals surface area contributed by atoms with Crippen molar-refractivity contribution in [2.24, 2.45) is 4.99 Å². The average molecular weight is 318 g/mol. The van der Waals surface area contributed by atoms with E-state index in [4.69, 9.17) is 0 Å². The number of amidine groups is 1. The van der Waals surface area contributed by atoms with Crippen LogP contribution in [0.1, 0.15) is 12.5 Å². The number of halogens is 2. The molecule has 0 bridgehead atoms. The summed E-state index contributed by atoms with van der Waals surface area (Å²) in [5.41, 5.74) is 1.13. The third-order valence-corrected chi connectivity index (χ3v) is 3.98. The van der Waals surface area contributed by atoms with Crippen LogP contribution in [-0.4, -0.2) is 18.4 Å². The molecule has 0 spiro atoms. The Morgan fingerprint density at radius 1 is 1.36 bits per heavy atom. The van der Waals surface area contributed by atoms with E-state index in [2.05, 4.69) is 61.2 Å². The third-order valence-electron chi connectivity index (χ3n) is 2.10. The molecule has 1 aromatic carbocycles. The summed E-state index contributed by atoms with van der Waals surface area (Å²) >= 11 is 6.92. The largest absolute Gasteiger partial charge is 0.366 e. The summed E-state index contributed by atoms with van der Waals surface area (Å²) in [5, 5.41) is 3.33. The van der Waals surface area contributed by atoms with E-state index in [9.17, 15) is 0 Å². The fraction of sp³-hybridized carbons (Fsp3) is 0.300. The maximum absolute atomic E-state index is 4.43. The molecule has 0 fully saturated rings. The van der Waals surface area contributed by atoms with Crippen molar-refractivity contribution in [3.63, 3.8) is 0 Å². The molecule has 0 radical (unpaired) electrons. The van der Waals surface area contributed by atoms with Crippen molar-refractivity contribution in [3.05, 3.63) is 32.7 Å². The maximum Gasteiger partial charge on any atom is 0.128 e. The summed E-state index contributed by atoms with van der Waals surface area (Å²) < 4.78 is 2.12. The number of rotatable bonds is 1. The Labute approximate surface area is 100 Å². The minimum Gasteiger partial charge on any atom is -0.366 e. The molecule has 1 atom stereocenters. The Morgan fingerprint density at radius 3 is 2.71 bits per heavy atom. The number of nitrogens with one attached hydrogen (secondary N) is 1. The Morgan fingerprint density at radius 2 is 2.14 bits per heavy atom. The molecule has 0 aromatic heterocycles. The minimum absolute atomic E-state index is 0.451. The molecule has 0 saturated heterocycles. The van der Waals surface area contributed by atoms with E-state index in [1.807, 2.05) is 6.07 Å². The van der Waals surface area contributed by atoms with Crippen molar-refractivity contribution in [1.29, 1.82) is 0 Å². The second kappa shape index (κ2) is 4.03. The van der Waals surface area contributed by atoms with Gasteiger partial charge in [0.1, 0.15) is 5.84 Å². The van der Waals surface area contributed by atoms with E-state index in [1.54, 1.807) is 0 Å². The molecule has 2 rings (SSSR count). The van der Waals surface area contributed by atoms with Gasteiger partial charge in [0.15, 0.2) is 0 Å². The highest BCUT2D eigenvalue weighted by atomic mass is 79.9. The van der Waals surface area contributed by atoms with Gasteiger partial charge in [-0.2, -0.15) is 0 Å². The fourth-order valence-corrected chi connectivity index (χ4v) is 2.00. The second-order valence-corrected chi connectivity index (χ2v) is 5.07. The normalized spacial score (nSPS) is 20.5. The van der Waals surface area contributed by atoms with E-state index in [0.717, 1.165) is 26.9 Å². The highest BCUT2D eigenvalue weighted by molar-refractivity contribution is 9.13. The molecule has 1 heterocycles. The van der Waals surface area contributed by atoms with Crippen molar-refractivity contribution >= 4 is 37.7 Å². The van der Waals surface area contributed by atoms with Gasteiger partial charge in [-0.05, 0) is 50.9 Å². The van der Waals surface area contributed by atoms with Crippen molar-refractivity contribution in [2.75, 3.05) is 6.54 Å². The standard InChI is InChI=1S/C10H10Br2N2/c1-6-5-13-10(14-6)7-2-3-8(11)9(12)4-7/h2-4,6H,5H2,1H3,(H,13,14). The first-order valence-corrected chi connectivity index (χ1v) is 6.02. The molecule has 4 heteroatoms. The number of hydrogen-bond acceptors (Lipinski definition) is 2. The van der Waals surface area contributed by atoms with Crippen LogP contribution >= 0.6 is 31.9 Å². The Balaban J connectivity index is 2.30. The Kier molecular flexibility index (Phi) is 2.93. The van der Waals surface area contributed by atoms with Gasteiger partial charge < -0.3 is 5.32 Å². The van der Waals surface area contributed by atoms with Crippen molar-refractivity contribution in [1.82, 2.24) is 5.32 Å². The summed E-state index contributed by atoms with van der Waals surface area (Å²) in [5.74, 6) is 0.991. The minimum atomic E-state index is 0.451. The number of aliphatic imine (C=N–C) groups is 1. The molecule has 14 heavy (non-hydrogen) atoms. The quantitative estimate of drug-likeness (QED) is 0.846. The maximum atomic E-state index is 4.43. The van der Waals surface area contributed by atoms with Crippen LogP contribution in [0.25, 0.3) is 0 Å². The van der Waals surface area contributed by atoms with Gasteiger partial charge in [0.2, 0.25) is 0 Å². The lowest BCUT2D eigenvalue weighted by Gasteiger charge is -2.06. The van der Waals surface area contributed by atoms with Crippen LogP contribution < -0.4 is 5.32 Å². The number of hydrogen-bond donors (Lipinski definition) is 1. The molecular formula is C10H10Br2N2. The summed E-state index contributed by atoms with van der Waals surface area (Å²) in [6.07, 6.45) is 0. The SMILES string of the molecule is CC1CN=C(c2ccc(Br)c(Br)c2)N1. The number of nitrogens with zero attached hydrogens (tertiary/aromatic N) is 1. The van der Waals surface area contributed by atoms with Crippen LogP contribution in [-0.2, 0) is 0 Å². The molecule has 1 unspecified atom stereocenters. The van der Waals surface area contributed by atoms with E-state index in [-0.39, 0.29) is 0 Å². The zero-order chi connectivity index (χ0) is 10.1. The topological polar surface area (TPSA) is 24.4 Å². The molecule has 1 aliphatic heterocycles. The van der Waals surface area contributed by atoms with Crippen molar-refractivity contribution in [3.8, 4) is 0 Å². The van der Waals surface area contributed by atoms with Crippen LogP contribution in [0.5, 0.6) is 0 Å². The van der Waals surface area contributed by atoms with Crippen LogP contribution in [0.3, 0.4) is 0 Å². The first-order valence-electron chi connectivity index (χ1n) is 4.43. The van der Waals surface area contributed by atoms with E-state index in [1.165, 1.54) is 0 Å². The molecule has 0 aliphatic carbocycles. The molecule has 1 aromatic rings. The van der Waals surface area contributed by atoms with Crippen LogP contribution in [0.2, 0.25) is 0 Å². The van der Waals surface area contributed by atoms with E-state index >= 15 is 0 Å². The first-order chi connectivity index (χ1) is 6.66. The highest BCUT2D eigenvalue weighted by Gasteiger charge is 2.14. The van der Waals surface area contributed by atoms with Gasteiger partial charge in [-0.3, -0.25) is 4.99 Å². The van der Waals surface area contributed by atoms with Crippen LogP contribution in [0, 0.1) is 0 Å². The van der Waals surface area contributed by atoms with E-state index in [0.29, 0.717) is 6.04 Å². The van der Waals surface area contributed by atoms with Crippen molar-refractivity contribution < 1.29 is 0 Å². The molecule has 0 amide bonds. The second-order valence-electron chi connectivity index (χ2n) is 3.36. The number of benzene rings is 1.